The van der Waals surface area contributed by atoms with E-state index in [1.165, 1.54) is 0 Å². The summed E-state index contributed by atoms with van der Waals surface area (Å²) in [5.74, 6) is 0. The van der Waals surface area contributed by atoms with Crippen LogP contribution < -0.4 is 37.2 Å². The molecule has 0 rings (SSSR count). The van der Waals surface area contributed by atoms with Gasteiger partial charge in [-0.2, -0.15) is 0 Å². The third-order valence-corrected chi connectivity index (χ3v) is 0. The predicted molar refractivity (Wildman–Crippen MR) is 3.61 cm³/mol. The second-order valence-corrected chi connectivity index (χ2v) is 0. The number of hydrogen-bond donors (Lipinski definition) is 0. The van der Waals surface area contributed by atoms with E-state index >= 15 is 0 Å². The second kappa shape index (κ2) is 55.6. The van der Waals surface area contributed by atoms with Crippen LogP contribution >= 0.6 is 0 Å². The van der Waals surface area contributed by atoms with Gasteiger partial charge in [-0.3, -0.25) is 0 Å². The summed E-state index contributed by atoms with van der Waals surface area (Å²) < 4.78 is 0. The SMILES string of the molecule is O.[Cl-].[Cl-].[Cl-].[Fe+3]. The minimum atomic E-state index is 0. The molecule has 0 aliphatic heterocycles. The van der Waals surface area contributed by atoms with Gasteiger partial charge in [-0.25, -0.2) is 0 Å². The fourth-order valence-corrected chi connectivity index (χ4v) is 0. The van der Waals surface area contributed by atoms with Gasteiger partial charge < -0.3 is 42.7 Å². The smallest absolute Gasteiger partial charge is 1.00 e. The zero-order valence-corrected chi connectivity index (χ0v) is 5.36. The molecule has 0 aliphatic rings. The minimum absolute atomic E-state index is 0. The molecule has 2 N–H and O–H groups in total. The molecule has 0 aromatic heterocycles. The molecule has 1 radical (unpaired) electrons. The topological polar surface area (TPSA) is 31.5 Å². The van der Waals surface area contributed by atoms with E-state index in [-0.39, 0.29) is 59.8 Å². The Kier molecular flexibility index (Phi) is 1110. The van der Waals surface area contributed by atoms with Gasteiger partial charge in [0.05, 0.1) is 0 Å². The number of hydrogen-bond acceptors (Lipinski definition) is 0. The maximum atomic E-state index is 0. The maximum absolute atomic E-state index is 0. The van der Waals surface area contributed by atoms with Crippen molar-refractivity contribution in [2.45, 2.75) is 0 Å². The molecular weight excluding hydrogens is 178 g/mol. The summed E-state index contributed by atoms with van der Waals surface area (Å²) in [6, 6.07) is 0. The Morgan fingerprint density at radius 1 is 0.600 bits per heavy atom. The van der Waals surface area contributed by atoms with Crippen LogP contribution in [0.1, 0.15) is 0 Å². The molecule has 37 valence electrons. The number of rotatable bonds is 0. The molecule has 0 saturated carbocycles. The van der Waals surface area contributed by atoms with Crippen LogP contribution in [0.2, 0.25) is 0 Å². The monoisotopic (exact) mass is 179 g/mol. The minimum Gasteiger partial charge on any atom is -1.00 e. The molecule has 5 heavy (non-hydrogen) atoms. The third-order valence-electron chi connectivity index (χ3n) is 0. The molecular formula is H2Cl3FeO. The van der Waals surface area contributed by atoms with E-state index in [0.29, 0.717) is 0 Å². The van der Waals surface area contributed by atoms with Crippen LogP contribution in [0, 0.1) is 0 Å². The Labute approximate surface area is 59.9 Å². The van der Waals surface area contributed by atoms with Crippen molar-refractivity contribution in [2.75, 3.05) is 0 Å². The average Bonchev–Trinajstić information content (AvgIpc) is 0. The van der Waals surface area contributed by atoms with Crippen molar-refractivity contribution in [3.05, 3.63) is 0 Å². The molecule has 0 unspecified atom stereocenters. The Bertz CT molecular complexity index is 6.85. The van der Waals surface area contributed by atoms with Crippen molar-refractivity contribution in [2.24, 2.45) is 0 Å². The first-order valence-corrected chi connectivity index (χ1v) is 0. The summed E-state index contributed by atoms with van der Waals surface area (Å²) in [5, 5.41) is 0. The molecule has 0 aliphatic carbocycles. The number of halogens is 3. The molecule has 0 spiro atoms. The molecule has 5 heteroatoms. The summed E-state index contributed by atoms with van der Waals surface area (Å²) >= 11 is 0. The summed E-state index contributed by atoms with van der Waals surface area (Å²) in [6.07, 6.45) is 0. The van der Waals surface area contributed by atoms with Crippen LogP contribution in [-0.2, 0) is 17.1 Å². The van der Waals surface area contributed by atoms with Crippen LogP contribution in [0.5, 0.6) is 0 Å². The van der Waals surface area contributed by atoms with Crippen LogP contribution in [0.3, 0.4) is 0 Å². The molecule has 0 atom stereocenters. The second-order valence-electron chi connectivity index (χ2n) is 0. The summed E-state index contributed by atoms with van der Waals surface area (Å²) in [7, 11) is 0. The third kappa shape index (κ3) is 33.0. The van der Waals surface area contributed by atoms with Gasteiger partial charge in [-0.1, -0.05) is 0 Å². The van der Waals surface area contributed by atoms with E-state index in [1.54, 1.807) is 0 Å². The van der Waals surface area contributed by atoms with Crippen LogP contribution in [-0.4, -0.2) is 5.48 Å². The fraction of sp³-hybridized carbons (Fsp3) is 0. The van der Waals surface area contributed by atoms with Gasteiger partial charge in [-0.15, -0.1) is 0 Å². The van der Waals surface area contributed by atoms with Crippen molar-refractivity contribution >= 4 is 0 Å². The van der Waals surface area contributed by atoms with Gasteiger partial charge in [0.15, 0.2) is 0 Å². The van der Waals surface area contributed by atoms with Crippen molar-refractivity contribution in [3.8, 4) is 0 Å². The van der Waals surface area contributed by atoms with Gasteiger partial charge >= 0.3 is 17.1 Å². The van der Waals surface area contributed by atoms with Crippen molar-refractivity contribution in [3.63, 3.8) is 0 Å². The summed E-state index contributed by atoms with van der Waals surface area (Å²) in [6.45, 7) is 0. The van der Waals surface area contributed by atoms with E-state index in [2.05, 4.69) is 0 Å². The summed E-state index contributed by atoms with van der Waals surface area (Å²) in [4.78, 5) is 0. The molecule has 0 aromatic carbocycles. The van der Waals surface area contributed by atoms with Crippen molar-refractivity contribution < 1.29 is 59.8 Å². The van der Waals surface area contributed by atoms with E-state index in [4.69, 9.17) is 0 Å². The average molecular weight is 180 g/mol. The molecule has 0 heterocycles. The van der Waals surface area contributed by atoms with Gasteiger partial charge in [-0.05, 0) is 0 Å². The quantitative estimate of drug-likeness (QED) is 0.332. The van der Waals surface area contributed by atoms with Crippen LogP contribution in [0.15, 0.2) is 0 Å². The molecule has 0 bridgehead atoms. The van der Waals surface area contributed by atoms with Gasteiger partial charge in [0.1, 0.15) is 0 Å². The largest absolute Gasteiger partial charge is 3.00 e. The Morgan fingerprint density at radius 3 is 0.600 bits per heavy atom. The standard InChI is InChI=1S/3ClH.Fe.H2O/h3*1H;;1H2/q;;;+3;/p-3. The Morgan fingerprint density at radius 2 is 0.600 bits per heavy atom. The fourth-order valence-electron chi connectivity index (χ4n) is 0. The molecule has 0 aromatic rings. The first-order valence-electron chi connectivity index (χ1n) is 0. The zero-order valence-electron chi connectivity index (χ0n) is 1.99. The van der Waals surface area contributed by atoms with Crippen molar-refractivity contribution in [1.29, 1.82) is 0 Å². The molecule has 0 fully saturated rings. The maximum Gasteiger partial charge on any atom is 3.00 e. The molecule has 0 amide bonds. The van der Waals surface area contributed by atoms with E-state index in [9.17, 15) is 0 Å². The van der Waals surface area contributed by atoms with Crippen molar-refractivity contribution in [1.82, 2.24) is 0 Å². The van der Waals surface area contributed by atoms with Gasteiger partial charge in [0, 0.05) is 0 Å². The molecule has 0 saturated heterocycles. The Balaban J connectivity index is 0. The normalized spacial score (nSPS) is 0. The van der Waals surface area contributed by atoms with Crippen LogP contribution in [0.4, 0.5) is 0 Å². The van der Waals surface area contributed by atoms with Crippen LogP contribution in [0.25, 0.3) is 0 Å². The Hall–Kier alpha value is 1.35. The van der Waals surface area contributed by atoms with Gasteiger partial charge in [0.25, 0.3) is 0 Å². The first-order chi connectivity index (χ1) is 0. The first kappa shape index (κ1) is 99.8. The zero-order chi connectivity index (χ0) is 0. The van der Waals surface area contributed by atoms with E-state index in [1.807, 2.05) is 0 Å². The van der Waals surface area contributed by atoms with E-state index in [0.717, 1.165) is 0 Å². The summed E-state index contributed by atoms with van der Waals surface area (Å²) in [5.41, 5.74) is 0. The predicted octanol–water partition coefficient (Wildman–Crippen LogP) is -9.82. The van der Waals surface area contributed by atoms with E-state index < -0.39 is 0 Å². The molecule has 1 nitrogen and oxygen atoms in total. The van der Waals surface area contributed by atoms with Gasteiger partial charge in [0.2, 0.25) is 0 Å².